The number of hydrogen-bond donors (Lipinski definition) is 1. The van der Waals surface area contributed by atoms with E-state index in [9.17, 15) is 18.0 Å². The maximum atomic E-state index is 12.6. The Morgan fingerprint density at radius 1 is 1.47 bits per heavy atom. The zero-order valence-corrected chi connectivity index (χ0v) is 9.20. The van der Waals surface area contributed by atoms with Crippen molar-refractivity contribution in [1.82, 2.24) is 4.57 Å². The Morgan fingerprint density at radius 2 is 2.12 bits per heavy atom. The molecule has 0 saturated carbocycles. The molecular formula is C10H13F3N2O2. The van der Waals surface area contributed by atoms with Gasteiger partial charge in [-0.1, -0.05) is 6.07 Å². The Balaban J connectivity index is 3.09. The summed E-state index contributed by atoms with van der Waals surface area (Å²) in [5.74, 6) is 0. The van der Waals surface area contributed by atoms with Gasteiger partial charge in [-0.3, -0.25) is 4.79 Å². The number of hydrogen-bond acceptors (Lipinski definition) is 3. The van der Waals surface area contributed by atoms with Gasteiger partial charge < -0.3 is 15.0 Å². The molecule has 1 rings (SSSR count). The molecule has 2 N–H and O–H groups in total. The van der Waals surface area contributed by atoms with Crippen molar-refractivity contribution < 1.29 is 17.9 Å². The summed E-state index contributed by atoms with van der Waals surface area (Å²) < 4.78 is 43.2. The van der Waals surface area contributed by atoms with Gasteiger partial charge >= 0.3 is 6.18 Å². The summed E-state index contributed by atoms with van der Waals surface area (Å²) in [4.78, 5) is 11.4. The predicted octanol–water partition coefficient (Wildman–Crippen LogP) is 0.841. The zero-order valence-electron chi connectivity index (χ0n) is 9.20. The van der Waals surface area contributed by atoms with Gasteiger partial charge in [0.05, 0.1) is 6.61 Å². The fourth-order valence-corrected chi connectivity index (χ4v) is 1.46. The molecule has 0 aliphatic heterocycles. The first-order chi connectivity index (χ1) is 7.86. The lowest BCUT2D eigenvalue weighted by molar-refractivity contribution is -0.144. The number of nitrogens with two attached hydrogens (primary N) is 1. The van der Waals surface area contributed by atoms with E-state index in [2.05, 4.69) is 0 Å². The number of aromatic nitrogens is 1. The van der Waals surface area contributed by atoms with E-state index in [1.54, 1.807) is 0 Å². The number of methoxy groups -OCH3 is 1. The van der Waals surface area contributed by atoms with Crippen LogP contribution in [0.4, 0.5) is 13.2 Å². The molecule has 0 aromatic carbocycles. The van der Waals surface area contributed by atoms with Crippen molar-refractivity contribution in [1.29, 1.82) is 0 Å². The van der Waals surface area contributed by atoms with Crippen LogP contribution in [0.1, 0.15) is 5.69 Å². The lowest BCUT2D eigenvalue weighted by atomic mass is 10.2. The number of halogens is 3. The molecule has 96 valence electrons. The van der Waals surface area contributed by atoms with E-state index >= 15 is 0 Å². The zero-order chi connectivity index (χ0) is 13.1. The maximum Gasteiger partial charge on any atom is 0.431 e. The largest absolute Gasteiger partial charge is 0.431 e. The van der Waals surface area contributed by atoms with Gasteiger partial charge in [0.1, 0.15) is 5.69 Å². The molecule has 0 aliphatic rings. The Labute approximate surface area is 95.8 Å². The first-order valence-corrected chi connectivity index (χ1v) is 4.88. The lowest BCUT2D eigenvalue weighted by Crippen LogP contribution is -2.37. The minimum Gasteiger partial charge on any atom is -0.383 e. The van der Waals surface area contributed by atoms with E-state index < -0.39 is 23.5 Å². The molecular weight excluding hydrogens is 237 g/mol. The summed E-state index contributed by atoms with van der Waals surface area (Å²) in [6, 6.07) is 2.32. The predicted molar refractivity (Wildman–Crippen MR) is 55.6 cm³/mol. The molecule has 17 heavy (non-hydrogen) atoms. The smallest absolute Gasteiger partial charge is 0.383 e. The van der Waals surface area contributed by atoms with Crippen LogP contribution in [0.2, 0.25) is 0 Å². The quantitative estimate of drug-likeness (QED) is 0.861. The van der Waals surface area contributed by atoms with Crippen LogP contribution < -0.4 is 11.3 Å². The molecule has 0 spiro atoms. The first kappa shape index (κ1) is 13.7. The van der Waals surface area contributed by atoms with Crippen molar-refractivity contribution in [2.45, 2.75) is 18.8 Å². The van der Waals surface area contributed by atoms with Gasteiger partial charge in [0.25, 0.3) is 5.56 Å². The molecule has 0 amide bonds. The normalized spacial score (nSPS) is 13.7. The number of rotatable bonds is 4. The molecule has 1 atom stereocenters. The molecule has 1 aromatic heterocycles. The summed E-state index contributed by atoms with van der Waals surface area (Å²) in [6.07, 6.45) is -4.58. The van der Waals surface area contributed by atoms with Gasteiger partial charge in [0.15, 0.2) is 0 Å². The molecule has 7 heteroatoms. The van der Waals surface area contributed by atoms with E-state index in [1.807, 2.05) is 0 Å². The van der Waals surface area contributed by atoms with E-state index in [4.69, 9.17) is 10.5 Å². The first-order valence-electron chi connectivity index (χ1n) is 4.88. The van der Waals surface area contributed by atoms with Crippen LogP contribution in [0.3, 0.4) is 0 Å². The fourth-order valence-electron chi connectivity index (χ4n) is 1.46. The van der Waals surface area contributed by atoms with Crippen LogP contribution in [0, 0.1) is 0 Å². The summed E-state index contributed by atoms with van der Waals surface area (Å²) in [5, 5.41) is 0. The van der Waals surface area contributed by atoms with E-state index in [1.165, 1.54) is 7.11 Å². The van der Waals surface area contributed by atoms with Crippen molar-refractivity contribution in [2.75, 3.05) is 13.7 Å². The second-order valence-electron chi connectivity index (χ2n) is 3.57. The van der Waals surface area contributed by atoms with Crippen LogP contribution >= 0.6 is 0 Å². The topological polar surface area (TPSA) is 57.2 Å². The third-order valence-corrected chi connectivity index (χ3v) is 2.14. The van der Waals surface area contributed by atoms with Gasteiger partial charge in [-0.25, -0.2) is 0 Å². The van der Waals surface area contributed by atoms with E-state index in [0.29, 0.717) is 4.57 Å². The van der Waals surface area contributed by atoms with Crippen LogP contribution in [-0.2, 0) is 17.5 Å². The summed E-state index contributed by atoms with van der Waals surface area (Å²) >= 11 is 0. The Bertz CT molecular complexity index is 428. The standard InChI is InChI=1S/C10H13F3N2O2/c1-17-6-7(14)5-15-8(10(11,12)13)3-2-4-9(15)16/h2-4,7H,5-6,14H2,1H3. The SMILES string of the molecule is COCC(N)Cn1c(C(F)(F)F)cccc1=O. The summed E-state index contributed by atoms with van der Waals surface area (Å²) in [5.41, 5.74) is 3.81. The molecule has 1 unspecified atom stereocenters. The third kappa shape index (κ3) is 3.57. The van der Waals surface area contributed by atoms with Crippen molar-refractivity contribution in [3.63, 3.8) is 0 Å². The van der Waals surface area contributed by atoms with Crippen molar-refractivity contribution in [3.05, 3.63) is 34.2 Å². The fraction of sp³-hybridized carbons (Fsp3) is 0.500. The van der Waals surface area contributed by atoms with Crippen LogP contribution in [0.25, 0.3) is 0 Å². The van der Waals surface area contributed by atoms with Crippen molar-refractivity contribution in [3.8, 4) is 0 Å². The summed E-state index contributed by atoms with van der Waals surface area (Å²) in [7, 11) is 1.39. The van der Waals surface area contributed by atoms with Gasteiger partial charge in [-0.2, -0.15) is 13.2 Å². The highest BCUT2D eigenvalue weighted by molar-refractivity contribution is 5.10. The van der Waals surface area contributed by atoms with Crippen molar-refractivity contribution in [2.24, 2.45) is 5.73 Å². The van der Waals surface area contributed by atoms with Gasteiger partial charge in [-0.15, -0.1) is 0 Å². The third-order valence-electron chi connectivity index (χ3n) is 2.14. The molecule has 4 nitrogen and oxygen atoms in total. The minimum atomic E-state index is -4.58. The lowest BCUT2D eigenvalue weighted by Gasteiger charge is -2.18. The van der Waals surface area contributed by atoms with Gasteiger partial charge in [0.2, 0.25) is 0 Å². The highest BCUT2D eigenvalue weighted by Crippen LogP contribution is 2.28. The second kappa shape index (κ2) is 5.33. The molecule has 1 aromatic rings. The Kier molecular flexibility index (Phi) is 4.30. The molecule has 0 saturated heterocycles. The van der Waals surface area contributed by atoms with Crippen LogP contribution in [-0.4, -0.2) is 24.3 Å². The molecule has 1 heterocycles. The number of alkyl halides is 3. The monoisotopic (exact) mass is 250 g/mol. The van der Waals surface area contributed by atoms with E-state index in [-0.39, 0.29) is 13.2 Å². The van der Waals surface area contributed by atoms with Gasteiger partial charge in [-0.05, 0) is 6.07 Å². The average molecular weight is 250 g/mol. The minimum absolute atomic E-state index is 0.0820. The molecule has 0 bridgehead atoms. The maximum absolute atomic E-state index is 12.6. The van der Waals surface area contributed by atoms with Crippen LogP contribution in [0.15, 0.2) is 23.0 Å². The van der Waals surface area contributed by atoms with Crippen LogP contribution in [0.5, 0.6) is 0 Å². The van der Waals surface area contributed by atoms with E-state index in [0.717, 1.165) is 18.2 Å². The number of ether oxygens (including phenoxy) is 1. The van der Waals surface area contributed by atoms with Crippen molar-refractivity contribution >= 4 is 0 Å². The molecule has 0 fully saturated rings. The highest BCUT2D eigenvalue weighted by atomic mass is 19.4. The Hall–Kier alpha value is -1.34. The highest BCUT2D eigenvalue weighted by Gasteiger charge is 2.34. The molecule has 0 aliphatic carbocycles. The average Bonchev–Trinajstić information content (AvgIpc) is 2.19. The molecule has 0 radical (unpaired) electrons. The number of nitrogens with zero attached hydrogens (tertiary/aromatic N) is 1. The van der Waals surface area contributed by atoms with Gasteiger partial charge in [0, 0.05) is 25.8 Å². The number of pyridine rings is 1. The summed E-state index contributed by atoms with van der Waals surface area (Å²) in [6.45, 7) is -0.152. The Morgan fingerprint density at radius 3 is 2.65 bits per heavy atom. The second-order valence-corrected chi connectivity index (χ2v) is 3.57.